The standard InChI is InChI=1S/C18H18ClNO/c1-12(2)17-7-6-16(8-13(17)3)21-11-15-5-4-14(10-20)9-18(15)19/h4-9,12H,11H2,1-3H3. The number of nitriles is 1. The Labute approximate surface area is 130 Å². The highest BCUT2D eigenvalue weighted by molar-refractivity contribution is 6.31. The molecular weight excluding hydrogens is 282 g/mol. The van der Waals surface area contributed by atoms with Crippen LogP contribution < -0.4 is 4.74 Å². The number of rotatable bonds is 4. The summed E-state index contributed by atoms with van der Waals surface area (Å²) in [6, 6.07) is 13.4. The highest BCUT2D eigenvalue weighted by Crippen LogP contribution is 2.25. The Balaban J connectivity index is 2.10. The van der Waals surface area contributed by atoms with Gasteiger partial charge >= 0.3 is 0 Å². The molecule has 0 aromatic heterocycles. The van der Waals surface area contributed by atoms with E-state index in [9.17, 15) is 0 Å². The number of hydrogen-bond acceptors (Lipinski definition) is 2. The zero-order chi connectivity index (χ0) is 15.4. The number of ether oxygens (including phenoxy) is 1. The summed E-state index contributed by atoms with van der Waals surface area (Å²) in [5.74, 6) is 1.34. The van der Waals surface area contributed by atoms with Gasteiger partial charge in [-0.2, -0.15) is 5.26 Å². The molecule has 2 aromatic rings. The van der Waals surface area contributed by atoms with Gasteiger partial charge in [-0.3, -0.25) is 0 Å². The molecule has 0 atom stereocenters. The summed E-state index contributed by atoms with van der Waals surface area (Å²) < 4.78 is 5.79. The SMILES string of the molecule is Cc1cc(OCc2ccc(C#N)cc2Cl)ccc1C(C)C. The lowest BCUT2D eigenvalue weighted by Gasteiger charge is -2.13. The van der Waals surface area contributed by atoms with Crippen LogP contribution in [-0.2, 0) is 6.61 Å². The van der Waals surface area contributed by atoms with Crippen molar-refractivity contribution >= 4 is 11.6 Å². The van der Waals surface area contributed by atoms with Gasteiger partial charge in [-0.05, 0) is 48.2 Å². The summed E-state index contributed by atoms with van der Waals surface area (Å²) in [6.07, 6.45) is 0. The van der Waals surface area contributed by atoms with Crippen LogP contribution in [0.15, 0.2) is 36.4 Å². The van der Waals surface area contributed by atoms with E-state index in [4.69, 9.17) is 21.6 Å². The fourth-order valence-corrected chi connectivity index (χ4v) is 2.52. The largest absolute Gasteiger partial charge is 0.489 e. The number of hydrogen-bond donors (Lipinski definition) is 0. The maximum absolute atomic E-state index is 8.82. The second-order valence-corrected chi connectivity index (χ2v) is 5.79. The van der Waals surface area contributed by atoms with Crippen molar-refractivity contribution in [1.82, 2.24) is 0 Å². The van der Waals surface area contributed by atoms with Crippen molar-refractivity contribution in [2.75, 3.05) is 0 Å². The van der Waals surface area contributed by atoms with Gasteiger partial charge in [0, 0.05) is 10.6 Å². The van der Waals surface area contributed by atoms with Gasteiger partial charge < -0.3 is 4.74 Å². The molecule has 0 spiro atoms. The third kappa shape index (κ3) is 3.77. The van der Waals surface area contributed by atoms with Crippen LogP contribution >= 0.6 is 11.6 Å². The Morgan fingerprint density at radius 2 is 1.95 bits per heavy atom. The van der Waals surface area contributed by atoms with E-state index >= 15 is 0 Å². The van der Waals surface area contributed by atoms with Crippen LogP contribution in [0.25, 0.3) is 0 Å². The molecule has 0 heterocycles. The van der Waals surface area contributed by atoms with Crippen LogP contribution in [0, 0.1) is 18.3 Å². The summed E-state index contributed by atoms with van der Waals surface area (Å²) in [5, 5.41) is 9.38. The van der Waals surface area contributed by atoms with Gasteiger partial charge in [0.05, 0.1) is 11.6 Å². The van der Waals surface area contributed by atoms with E-state index in [0.29, 0.717) is 23.1 Å². The molecule has 3 heteroatoms. The predicted molar refractivity (Wildman–Crippen MR) is 85.8 cm³/mol. The van der Waals surface area contributed by atoms with Crippen LogP contribution in [0.3, 0.4) is 0 Å². The molecule has 0 aliphatic carbocycles. The molecule has 21 heavy (non-hydrogen) atoms. The first-order chi connectivity index (χ1) is 10.0. The predicted octanol–water partition coefficient (Wildman–Crippen LogP) is 5.22. The number of halogens is 1. The van der Waals surface area contributed by atoms with E-state index in [1.165, 1.54) is 11.1 Å². The Bertz CT molecular complexity index is 686. The normalized spacial score (nSPS) is 10.5. The lowest BCUT2D eigenvalue weighted by Crippen LogP contribution is -1.98. The van der Waals surface area contributed by atoms with Crippen LogP contribution in [0.2, 0.25) is 5.02 Å². The Hall–Kier alpha value is -1.98. The first kappa shape index (κ1) is 15.4. The minimum atomic E-state index is 0.394. The third-order valence-corrected chi connectivity index (χ3v) is 3.79. The molecule has 0 N–H and O–H groups in total. The van der Waals surface area contributed by atoms with Crippen LogP contribution in [0.5, 0.6) is 5.75 Å². The fourth-order valence-electron chi connectivity index (χ4n) is 2.28. The molecule has 0 bridgehead atoms. The summed E-state index contributed by atoms with van der Waals surface area (Å²) in [7, 11) is 0. The van der Waals surface area contributed by atoms with E-state index in [1.54, 1.807) is 12.1 Å². The molecule has 0 saturated heterocycles. The lowest BCUT2D eigenvalue weighted by atomic mass is 9.98. The zero-order valence-electron chi connectivity index (χ0n) is 12.5. The zero-order valence-corrected chi connectivity index (χ0v) is 13.2. The summed E-state index contributed by atoms with van der Waals surface area (Å²) >= 11 is 6.14. The maximum Gasteiger partial charge on any atom is 0.120 e. The fraction of sp³-hybridized carbons (Fsp3) is 0.278. The number of nitrogens with zero attached hydrogens (tertiary/aromatic N) is 1. The van der Waals surface area contributed by atoms with Gasteiger partial charge in [0.1, 0.15) is 12.4 Å². The molecule has 0 aliphatic rings. The highest BCUT2D eigenvalue weighted by Gasteiger charge is 2.06. The molecule has 0 radical (unpaired) electrons. The second-order valence-electron chi connectivity index (χ2n) is 5.38. The monoisotopic (exact) mass is 299 g/mol. The highest BCUT2D eigenvalue weighted by atomic mass is 35.5. The molecule has 108 valence electrons. The van der Waals surface area contributed by atoms with Crippen molar-refractivity contribution < 1.29 is 4.74 Å². The first-order valence-electron chi connectivity index (χ1n) is 6.93. The van der Waals surface area contributed by atoms with Crippen molar-refractivity contribution in [3.63, 3.8) is 0 Å². The summed E-state index contributed by atoms with van der Waals surface area (Å²) in [4.78, 5) is 0. The van der Waals surface area contributed by atoms with Crippen LogP contribution in [0.1, 0.15) is 42.0 Å². The molecule has 0 amide bonds. The van der Waals surface area contributed by atoms with Gasteiger partial charge in [-0.25, -0.2) is 0 Å². The third-order valence-electron chi connectivity index (χ3n) is 3.44. The van der Waals surface area contributed by atoms with Crippen LogP contribution in [-0.4, -0.2) is 0 Å². The molecule has 2 aromatic carbocycles. The van der Waals surface area contributed by atoms with Gasteiger partial charge in [0.2, 0.25) is 0 Å². The smallest absolute Gasteiger partial charge is 0.120 e. The van der Waals surface area contributed by atoms with Crippen LogP contribution in [0.4, 0.5) is 0 Å². The minimum absolute atomic E-state index is 0.394. The Kier molecular flexibility index (Phi) is 4.88. The molecule has 0 fully saturated rings. The van der Waals surface area contributed by atoms with Crippen molar-refractivity contribution in [3.8, 4) is 11.8 Å². The minimum Gasteiger partial charge on any atom is -0.489 e. The summed E-state index contributed by atoms with van der Waals surface area (Å²) in [5.41, 5.74) is 3.99. The first-order valence-corrected chi connectivity index (χ1v) is 7.31. The van der Waals surface area contributed by atoms with E-state index in [-0.39, 0.29) is 0 Å². The molecule has 2 nitrogen and oxygen atoms in total. The van der Waals surface area contributed by atoms with Crippen molar-refractivity contribution in [2.45, 2.75) is 33.3 Å². The van der Waals surface area contributed by atoms with Crippen molar-refractivity contribution in [3.05, 3.63) is 63.7 Å². The summed E-state index contributed by atoms with van der Waals surface area (Å²) in [6.45, 7) is 6.85. The van der Waals surface area contributed by atoms with E-state index in [0.717, 1.165) is 11.3 Å². The molecular formula is C18H18ClNO. The van der Waals surface area contributed by atoms with Gasteiger partial charge in [-0.1, -0.05) is 37.6 Å². The number of aryl methyl sites for hydroxylation is 1. The molecule has 0 saturated carbocycles. The van der Waals surface area contributed by atoms with E-state index < -0.39 is 0 Å². The van der Waals surface area contributed by atoms with Gasteiger partial charge in [-0.15, -0.1) is 0 Å². The van der Waals surface area contributed by atoms with Crippen molar-refractivity contribution in [1.29, 1.82) is 5.26 Å². The number of benzene rings is 2. The molecule has 2 rings (SSSR count). The maximum atomic E-state index is 8.82. The van der Waals surface area contributed by atoms with Crippen molar-refractivity contribution in [2.24, 2.45) is 0 Å². The quantitative estimate of drug-likeness (QED) is 0.775. The lowest BCUT2D eigenvalue weighted by molar-refractivity contribution is 0.306. The molecule has 0 aliphatic heterocycles. The Morgan fingerprint density at radius 3 is 2.52 bits per heavy atom. The second kappa shape index (κ2) is 6.65. The average molecular weight is 300 g/mol. The molecule has 0 unspecified atom stereocenters. The van der Waals surface area contributed by atoms with Gasteiger partial charge in [0.25, 0.3) is 0 Å². The Morgan fingerprint density at radius 1 is 1.19 bits per heavy atom. The van der Waals surface area contributed by atoms with E-state index in [1.807, 2.05) is 18.2 Å². The van der Waals surface area contributed by atoms with Gasteiger partial charge in [0.15, 0.2) is 0 Å². The average Bonchev–Trinajstić information content (AvgIpc) is 2.45. The topological polar surface area (TPSA) is 33.0 Å². The van der Waals surface area contributed by atoms with E-state index in [2.05, 4.69) is 32.9 Å².